The molecule has 0 unspecified atom stereocenters. The third kappa shape index (κ3) is 4.03. The molecule has 1 aromatic carbocycles. The van der Waals surface area contributed by atoms with Crippen molar-refractivity contribution in [3.05, 3.63) is 35.9 Å². The first-order valence-corrected chi connectivity index (χ1v) is 8.01. The minimum Gasteiger partial charge on any atom is -0.298 e. The van der Waals surface area contributed by atoms with E-state index < -0.39 is 0 Å². The van der Waals surface area contributed by atoms with Crippen molar-refractivity contribution in [3.63, 3.8) is 0 Å². The number of nitrogens with zero attached hydrogens (tertiary/aromatic N) is 1. The molecule has 2 heteroatoms. The number of likely N-dealkylation sites (tertiary alicyclic amines) is 1. The lowest BCUT2D eigenvalue weighted by atomic mass is 10.0. The number of benzene rings is 1. The summed E-state index contributed by atoms with van der Waals surface area (Å²) in [6.07, 6.45) is 2.68. The van der Waals surface area contributed by atoms with Crippen molar-refractivity contribution in [2.75, 3.05) is 13.1 Å². The molecule has 0 N–H and O–H groups in total. The molecular formula is C16H25NS. The van der Waals surface area contributed by atoms with Crippen LogP contribution in [0.5, 0.6) is 0 Å². The van der Waals surface area contributed by atoms with Gasteiger partial charge in [-0.1, -0.05) is 30.3 Å². The summed E-state index contributed by atoms with van der Waals surface area (Å²) in [5.74, 6) is 1.17. The Bertz CT molecular complexity index is 347. The molecule has 100 valence electrons. The average Bonchev–Trinajstić information content (AvgIpc) is 2.37. The van der Waals surface area contributed by atoms with Gasteiger partial charge in [0.1, 0.15) is 0 Å². The van der Waals surface area contributed by atoms with Crippen LogP contribution in [0.4, 0.5) is 0 Å². The molecule has 1 aliphatic heterocycles. The van der Waals surface area contributed by atoms with Gasteiger partial charge in [-0.05, 0) is 52.3 Å². The monoisotopic (exact) mass is 263 g/mol. The van der Waals surface area contributed by atoms with Crippen LogP contribution in [-0.2, 0) is 5.75 Å². The second kappa shape index (κ2) is 6.12. The molecule has 1 heterocycles. The van der Waals surface area contributed by atoms with Gasteiger partial charge in [-0.15, -0.1) is 0 Å². The van der Waals surface area contributed by atoms with Gasteiger partial charge in [-0.2, -0.15) is 11.8 Å². The number of rotatable bonds is 3. The highest BCUT2D eigenvalue weighted by Gasteiger charge is 2.26. The van der Waals surface area contributed by atoms with E-state index in [-0.39, 0.29) is 0 Å². The van der Waals surface area contributed by atoms with Crippen molar-refractivity contribution in [1.82, 2.24) is 4.90 Å². The first-order valence-electron chi connectivity index (χ1n) is 6.96. The summed E-state index contributed by atoms with van der Waals surface area (Å²) in [6.45, 7) is 9.49. The standard InChI is InChI=1S/C16H25NS/c1-16(2,3)17-11-9-15(10-12-17)18-13-14-7-5-4-6-8-14/h4-8,15H,9-13H2,1-3H3. The van der Waals surface area contributed by atoms with E-state index in [0.717, 1.165) is 5.25 Å². The first kappa shape index (κ1) is 14.0. The van der Waals surface area contributed by atoms with Gasteiger partial charge in [0.2, 0.25) is 0 Å². The van der Waals surface area contributed by atoms with E-state index in [1.54, 1.807) is 0 Å². The fourth-order valence-corrected chi connectivity index (χ4v) is 3.65. The Morgan fingerprint density at radius 3 is 2.28 bits per heavy atom. The second-order valence-corrected chi connectivity index (χ2v) is 7.44. The average molecular weight is 263 g/mol. The van der Waals surface area contributed by atoms with E-state index in [1.807, 2.05) is 0 Å². The van der Waals surface area contributed by atoms with Gasteiger partial charge in [0.15, 0.2) is 0 Å². The molecule has 1 nitrogen and oxygen atoms in total. The quantitative estimate of drug-likeness (QED) is 0.804. The lowest BCUT2D eigenvalue weighted by Crippen LogP contribution is -2.46. The maximum Gasteiger partial charge on any atom is 0.0187 e. The molecule has 1 aliphatic rings. The van der Waals surface area contributed by atoms with E-state index in [2.05, 4.69) is 67.8 Å². The number of piperidine rings is 1. The number of hydrogen-bond acceptors (Lipinski definition) is 2. The molecule has 0 radical (unpaired) electrons. The van der Waals surface area contributed by atoms with Gasteiger partial charge in [0, 0.05) is 16.5 Å². The zero-order valence-corrected chi connectivity index (χ0v) is 12.7. The third-order valence-electron chi connectivity index (χ3n) is 3.72. The fraction of sp³-hybridized carbons (Fsp3) is 0.625. The summed E-state index contributed by atoms with van der Waals surface area (Å²) < 4.78 is 0. The smallest absolute Gasteiger partial charge is 0.0187 e. The van der Waals surface area contributed by atoms with Crippen molar-refractivity contribution >= 4 is 11.8 Å². The van der Waals surface area contributed by atoms with Gasteiger partial charge in [-0.3, -0.25) is 4.90 Å². The third-order valence-corrected chi connectivity index (χ3v) is 5.16. The molecule has 0 aromatic heterocycles. The molecule has 0 amide bonds. The Kier molecular flexibility index (Phi) is 4.74. The SMILES string of the molecule is CC(C)(C)N1CCC(SCc2ccccc2)CC1. The van der Waals surface area contributed by atoms with Gasteiger partial charge >= 0.3 is 0 Å². The van der Waals surface area contributed by atoms with E-state index in [9.17, 15) is 0 Å². The Labute approximate surface area is 116 Å². The van der Waals surface area contributed by atoms with Crippen molar-refractivity contribution < 1.29 is 0 Å². The highest BCUT2D eigenvalue weighted by Crippen LogP contribution is 2.29. The van der Waals surface area contributed by atoms with Crippen LogP contribution in [0.15, 0.2) is 30.3 Å². The molecule has 0 spiro atoms. The molecule has 0 bridgehead atoms. The van der Waals surface area contributed by atoms with Gasteiger partial charge in [0.05, 0.1) is 0 Å². The van der Waals surface area contributed by atoms with E-state index >= 15 is 0 Å². The highest BCUT2D eigenvalue weighted by molar-refractivity contribution is 7.99. The summed E-state index contributed by atoms with van der Waals surface area (Å²) in [5.41, 5.74) is 1.80. The molecule has 0 saturated carbocycles. The lowest BCUT2D eigenvalue weighted by molar-refractivity contribution is 0.113. The van der Waals surface area contributed by atoms with Crippen LogP contribution in [0.1, 0.15) is 39.2 Å². The minimum atomic E-state index is 0.342. The van der Waals surface area contributed by atoms with Gasteiger partial charge in [0.25, 0.3) is 0 Å². The van der Waals surface area contributed by atoms with Gasteiger partial charge < -0.3 is 0 Å². The predicted molar refractivity (Wildman–Crippen MR) is 82.1 cm³/mol. The zero-order valence-electron chi connectivity index (χ0n) is 11.9. The summed E-state index contributed by atoms with van der Waals surface area (Å²) in [5, 5.41) is 0.851. The molecule has 0 atom stereocenters. The van der Waals surface area contributed by atoms with Gasteiger partial charge in [-0.25, -0.2) is 0 Å². The Balaban J connectivity index is 1.74. The van der Waals surface area contributed by atoms with Crippen molar-refractivity contribution in [1.29, 1.82) is 0 Å². The van der Waals surface area contributed by atoms with Crippen LogP contribution in [-0.4, -0.2) is 28.8 Å². The second-order valence-electron chi connectivity index (χ2n) is 6.15. The molecule has 1 aromatic rings. The van der Waals surface area contributed by atoms with E-state index in [0.29, 0.717) is 5.54 Å². The number of thioether (sulfide) groups is 1. The van der Waals surface area contributed by atoms with Crippen LogP contribution < -0.4 is 0 Å². The molecular weight excluding hydrogens is 238 g/mol. The Morgan fingerprint density at radius 1 is 1.11 bits per heavy atom. The van der Waals surface area contributed by atoms with Crippen LogP contribution in [0, 0.1) is 0 Å². The molecule has 18 heavy (non-hydrogen) atoms. The van der Waals surface area contributed by atoms with E-state index in [4.69, 9.17) is 0 Å². The number of hydrogen-bond donors (Lipinski definition) is 0. The van der Waals surface area contributed by atoms with Crippen molar-refractivity contribution in [2.45, 2.75) is 50.2 Å². The van der Waals surface area contributed by atoms with Crippen LogP contribution >= 0.6 is 11.8 Å². The fourth-order valence-electron chi connectivity index (χ4n) is 2.48. The van der Waals surface area contributed by atoms with Crippen molar-refractivity contribution in [3.8, 4) is 0 Å². The van der Waals surface area contributed by atoms with Crippen LogP contribution in [0.2, 0.25) is 0 Å². The van der Waals surface area contributed by atoms with Crippen LogP contribution in [0.3, 0.4) is 0 Å². The zero-order chi connectivity index (χ0) is 13.0. The lowest BCUT2D eigenvalue weighted by Gasteiger charge is -2.40. The maximum atomic E-state index is 2.62. The molecule has 2 rings (SSSR count). The Morgan fingerprint density at radius 2 is 1.72 bits per heavy atom. The minimum absolute atomic E-state index is 0.342. The normalized spacial score (nSPS) is 19.1. The van der Waals surface area contributed by atoms with Crippen molar-refractivity contribution in [2.24, 2.45) is 0 Å². The summed E-state index contributed by atoms with van der Waals surface area (Å²) in [4.78, 5) is 2.62. The highest BCUT2D eigenvalue weighted by atomic mass is 32.2. The molecule has 1 fully saturated rings. The first-order chi connectivity index (χ1) is 8.55. The maximum absolute atomic E-state index is 2.62. The topological polar surface area (TPSA) is 3.24 Å². The Hall–Kier alpha value is -0.470. The predicted octanol–water partition coefficient (Wildman–Crippen LogP) is 4.18. The summed E-state index contributed by atoms with van der Waals surface area (Å²) in [6, 6.07) is 10.8. The van der Waals surface area contributed by atoms with Crippen LogP contribution in [0.25, 0.3) is 0 Å². The summed E-state index contributed by atoms with van der Waals surface area (Å²) >= 11 is 2.14. The van der Waals surface area contributed by atoms with E-state index in [1.165, 1.54) is 37.2 Å². The molecule has 1 saturated heterocycles. The summed E-state index contributed by atoms with van der Waals surface area (Å²) in [7, 11) is 0. The largest absolute Gasteiger partial charge is 0.298 e. The molecule has 0 aliphatic carbocycles.